The third kappa shape index (κ3) is 2.90. The van der Waals surface area contributed by atoms with Crippen LogP contribution in [-0.4, -0.2) is 23.3 Å². The van der Waals surface area contributed by atoms with Gasteiger partial charge >= 0.3 is 0 Å². The zero-order valence-electron chi connectivity index (χ0n) is 13.8. The Bertz CT molecular complexity index is 845. The summed E-state index contributed by atoms with van der Waals surface area (Å²) in [4.78, 5) is 27.4. The molecule has 4 nitrogen and oxygen atoms in total. The number of fused-ring (bicyclic) bond motifs is 1. The summed E-state index contributed by atoms with van der Waals surface area (Å²) in [6.07, 6.45) is 1.90. The third-order valence-electron chi connectivity index (χ3n) is 5.09. The fourth-order valence-corrected chi connectivity index (χ4v) is 3.45. The van der Waals surface area contributed by atoms with E-state index in [1.54, 1.807) is 11.0 Å². The highest BCUT2D eigenvalue weighted by molar-refractivity contribution is 6.13. The van der Waals surface area contributed by atoms with Crippen LogP contribution in [0.4, 0.5) is 10.1 Å². The van der Waals surface area contributed by atoms with E-state index in [1.165, 1.54) is 23.8 Å². The van der Waals surface area contributed by atoms with Crippen LogP contribution in [0.5, 0.6) is 0 Å². The van der Waals surface area contributed by atoms with E-state index < -0.39 is 11.2 Å². The van der Waals surface area contributed by atoms with Gasteiger partial charge in [-0.2, -0.15) is 0 Å². The smallest absolute Gasteiger partial charge is 0.240 e. The van der Waals surface area contributed by atoms with Crippen LogP contribution in [0.2, 0.25) is 0 Å². The number of hydrogen-bond acceptors (Lipinski definition) is 2. The van der Waals surface area contributed by atoms with Crippen molar-refractivity contribution in [3.8, 4) is 0 Å². The maximum atomic E-state index is 13.3. The maximum absolute atomic E-state index is 13.3. The lowest BCUT2D eigenvalue weighted by Crippen LogP contribution is -2.45. The van der Waals surface area contributed by atoms with Crippen molar-refractivity contribution in [2.45, 2.75) is 25.8 Å². The van der Waals surface area contributed by atoms with Crippen LogP contribution in [0.15, 0.2) is 48.5 Å². The van der Waals surface area contributed by atoms with Crippen LogP contribution >= 0.6 is 0 Å². The number of carbonyl (C=O) groups is 2. The van der Waals surface area contributed by atoms with Crippen molar-refractivity contribution in [3.05, 3.63) is 65.5 Å². The Morgan fingerprint density at radius 3 is 2.52 bits per heavy atom. The van der Waals surface area contributed by atoms with E-state index in [4.69, 9.17) is 0 Å². The van der Waals surface area contributed by atoms with E-state index in [0.717, 1.165) is 12.0 Å². The molecule has 4 rings (SSSR count). The van der Waals surface area contributed by atoms with Gasteiger partial charge in [0.1, 0.15) is 11.2 Å². The number of nitrogens with zero attached hydrogens (tertiary/aromatic N) is 1. The molecule has 0 saturated heterocycles. The van der Waals surface area contributed by atoms with Crippen LogP contribution in [0.3, 0.4) is 0 Å². The molecule has 0 bridgehead atoms. The molecule has 0 atom stereocenters. The molecule has 2 amide bonds. The van der Waals surface area contributed by atoms with E-state index in [2.05, 4.69) is 11.4 Å². The van der Waals surface area contributed by atoms with Gasteiger partial charge in [-0.25, -0.2) is 4.39 Å². The van der Waals surface area contributed by atoms with Crippen molar-refractivity contribution in [1.82, 2.24) is 4.90 Å². The minimum absolute atomic E-state index is 0.115. The third-order valence-corrected chi connectivity index (χ3v) is 5.09. The van der Waals surface area contributed by atoms with E-state index in [9.17, 15) is 14.0 Å². The van der Waals surface area contributed by atoms with Crippen LogP contribution < -0.4 is 5.32 Å². The first kappa shape index (κ1) is 15.8. The average Bonchev–Trinajstić information content (AvgIpc) is 3.43. The monoisotopic (exact) mass is 338 g/mol. The first-order chi connectivity index (χ1) is 12.1. The Kier molecular flexibility index (Phi) is 3.79. The van der Waals surface area contributed by atoms with Crippen molar-refractivity contribution in [1.29, 1.82) is 0 Å². The summed E-state index contributed by atoms with van der Waals surface area (Å²) in [5.74, 6) is -0.862. The van der Waals surface area contributed by atoms with Crippen LogP contribution in [0.1, 0.15) is 24.0 Å². The second-order valence-electron chi connectivity index (χ2n) is 6.79. The molecule has 0 unspecified atom stereocenters. The molecular formula is C20H19FN2O2. The van der Waals surface area contributed by atoms with E-state index in [1.807, 2.05) is 18.2 Å². The minimum Gasteiger partial charge on any atom is -0.337 e. The minimum atomic E-state index is -0.987. The number of hydrogen-bond donors (Lipinski definition) is 1. The lowest BCUT2D eigenvalue weighted by molar-refractivity contribution is -0.143. The zero-order valence-corrected chi connectivity index (χ0v) is 13.8. The standard InChI is InChI=1S/C20H19FN2O2/c21-16-6-3-7-17(12-16)22-18(24)20(9-10-20)19(25)23-11-8-14-4-1-2-5-15(14)13-23/h1-7,12H,8-11,13H2,(H,22,24). The summed E-state index contributed by atoms with van der Waals surface area (Å²) in [6.45, 7) is 1.18. The molecule has 0 radical (unpaired) electrons. The predicted octanol–water partition coefficient (Wildman–Crippen LogP) is 3.13. The first-order valence-corrected chi connectivity index (χ1v) is 8.52. The summed E-state index contributed by atoms with van der Waals surface area (Å²) in [5, 5.41) is 2.70. The number of amides is 2. The Balaban J connectivity index is 1.49. The fraction of sp³-hybridized carbons (Fsp3) is 0.300. The van der Waals surface area contributed by atoms with Crippen molar-refractivity contribution in [2.75, 3.05) is 11.9 Å². The molecule has 2 aliphatic rings. The molecule has 2 aromatic rings. The Morgan fingerprint density at radius 1 is 1.04 bits per heavy atom. The second kappa shape index (κ2) is 5.99. The van der Waals surface area contributed by atoms with Gasteiger partial charge in [-0.15, -0.1) is 0 Å². The molecule has 5 heteroatoms. The summed E-state index contributed by atoms with van der Waals surface area (Å²) in [6, 6.07) is 13.8. The van der Waals surface area contributed by atoms with Gasteiger partial charge in [-0.3, -0.25) is 9.59 Å². The summed E-state index contributed by atoms with van der Waals surface area (Å²) in [5.41, 5.74) is 1.80. The highest BCUT2D eigenvalue weighted by atomic mass is 19.1. The quantitative estimate of drug-likeness (QED) is 0.874. The maximum Gasteiger partial charge on any atom is 0.240 e. The van der Waals surface area contributed by atoms with Crippen molar-refractivity contribution in [3.63, 3.8) is 0 Å². The first-order valence-electron chi connectivity index (χ1n) is 8.52. The van der Waals surface area contributed by atoms with Crippen LogP contribution in [0, 0.1) is 11.2 Å². The molecule has 0 spiro atoms. The number of nitrogens with one attached hydrogen (secondary N) is 1. The molecular weight excluding hydrogens is 319 g/mol. The van der Waals surface area contributed by atoms with Gasteiger partial charge in [0.15, 0.2) is 0 Å². The number of anilines is 1. The van der Waals surface area contributed by atoms with Gasteiger partial charge in [-0.05, 0) is 48.6 Å². The molecule has 1 aliphatic heterocycles. The van der Waals surface area contributed by atoms with Crippen LogP contribution in [0.25, 0.3) is 0 Å². The van der Waals surface area contributed by atoms with Gasteiger partial charge in [0.2, 0.25) is 11.8 Å². The van der Waals surface area contributed by atoms with Gasteiger partial charge in [-0.1, -0.05) is 30.3 Å². The van der Waals surface area contributed by atoms with Crippen LogP contribution in [-0.2, 0) is 22.6 Å². The van der Waals surface area contributed by atoms with Gasteiger partial charge < -0.3 is 10.2 Å². The highest BCUT2D eigenvalue weighted by Gasteiger charge is 2.58. The van der Waals surface area contributed by atoms with Gasteiger partial charge in [0.05, 0.1) is 0 Å². The molecule has 2 aromatic carbocycles. The van der Waals surface area contributed by atoms with Gasteiger partial charge in [0.25, 0.3) is 0 Å². The number of rotatable bonds is 3. The number of carbonyl (C=O) groups excluding carboxylic acids is 2. The summed E-state index contributed by atoms with van der Waals surface area (Å²) >= 11 is 0. The van der Waals surface area contributed by atoms with Gasteiger partial charge in [0, 0.05) is 18.8 Å². The van der Waals surface area contributed by atoms with E-state index in [0.29, 0.717) is 31.6 Å². The van der Waals surface area contributed by atoms with Crippen molar-refractivity contribution >= 4 is 17.5 Å². The normalized spacial score (nSPS) is 17.6. The average molecular weight is 338 g/mol. The summed E-state index contributed by atoms with van der Waals surface area (Å²) < 4.78 is 13.3. The number of halogens is 1. The molecule has 1 fully saturated rings. The summed E-state index contributed by atoms with van der Waals surface area (Å²) in [7, 11) is 0. The largest absolute Gasteiger partial charge is 0.337 e. The highest BCUT2D eigenvalue weighted by Crippen LogP contribution is 2.48. The Labute approximate surface area is 145 Å². The topological polar surface area (TPSA) is 49.4 Å². The molecule has 1 aliphatic carbocycles. The molecule has 1 heterocycles. The van der Waals surface area contributed by atoms with E-state index in [-0.39, 0.29) is 11.8 Å². The molecule has 1 saturated carbocycles. The predicted molar refractivity (Wildman–Crippen MR) is 92.3 cm³/mol. The lowest BCUT2D eigenvalue weighted by Gasteiger charge is -2.31. The van der Waals surface area contributed by atoms with Crippen molar-refractivity contribution in [2.24, 2.45) is 5.41 Å². The molecule has 0 aromatic heterocycles. The number of benzene rings is 2. The van der Waals surface area contributed by atoms with Crippen molar-refractivity contribution < 1.29 is 14.0 Å². The Morgan fingerprint density at radius 2 is 1.80 bits per heavy atom. The second-order valence-corrected chi connectivity index (χ2v) is 6.79. The SMILES string of the molecule is O=C(Nc1cccc(F)c1)C1(C(=O)N2CCc3ccccc3C2)CC1. The van der Waals surface area contributed by atoms with E-state index >= 15 is 0 Å². The lowest BCUT2D eigenvalue weighted by atomic mass is 9.97. The fourth-order valence-electron chi connectivity index (χ4n) is 3.45. The molecule has 1 N–H and O–H groups in total. The molecule has 128 valence electrons. The molecule has 25 heavy (non-hydrogen) atoms. The Hall–Kier alpha value is -2.69. The zero-order chi connectivity index (χ0) is 17.4.